The zero-order valence-electron chi connectivity index (χ0n) is 16.1. The molecule has 0 spiro atoms. The van der Waals surface area contributed by atoms with Gasteiger partial charge in [0.25, 0.3) is 11.8 Å². The molecule has 2 aromatic carbocycles. The van der Waals surface area contributed by atoms with Gasteiger partial charge in [0, 0.05) is 24.6 Å². The van der Waals surface area contributed by atoms with Gasteiger partial charge in [-0.1, -0.05) is 18.2 Å². The molecule has 3 aromatic rings. The van der Waals surface area contributed by atoms with E-state index in [9.17, 15) is 22.4 Å². The molecule has 0 radical (unpaired) electrons. The van der Waals surface area contributed by atoms with Crippen molar-refractivity contribution in [2.75, 3.05) is 5.32 Å². The van der Waals surface area contributed by atoms with Crippen LogP contribution in [0.3, 0.4) is 0 Å². The van der Waals surface area contributed by atoms with Gasteiger partial charge < -0.3 is 5.32 Å². The number of nitrogens with one attached hydrogen (secondary N) is 1. The summed E-state index contributed by atoms with van der Waals surface area (Å²) in [6.45, 7) is 1.90. The molecular formula is C23H18F4N2O. The molecule has 1 aromatic heterocycles. The Morgan fingerprint density at radius 1 is 1.07 bits per heavy atom. The zero-order chi connectivity index (χ0) is 21.5. The van der Waals surface area contributed by atoms with Crippen LogP contribution in [0.15, 0.2) is 48.7 Å². The standard InChI is InChI=1S/C23H18F4N2O/c1-13-9-14-7-8-23(26,27)11-16(14)10-17(13)15-5-6-20(28-12-15)29-22(30)21-18(24)3-2-4-19(21)25/h2-6,9-10,12H,7-8,11H2,1H3,(H,28,29,30). The lowest BCUT2D eigenvalue weighted by Gasteiger charge is -2.25. The van der Waals surface area contributed by atoms with E-state index in [2.05, 4.69) is 10.3 Å². The van der Waals surface area contributed by atoms with Crippen LogP contribution in [0, 0.1) is 18.6 Å². The third kappa shape index (κ3) is 3.92. The minimum absolute atomic E-state index is 0.119. The highest BCUT2D eigenvalue weighted by atomic mass is 19.3. The van der Waals surface area contributed by atoms with Gasteiger partial charge >= 0.3 is 0 Å². The van der Waals surface area contributed by atoms with Crippen molar-refractivity contribution >= 4 is 11.7 Å². The number of nitrogens with zero attached hydrogens (tertiary/aromatic N) is 1. The lowest BCUT2D eigenvalue weighted by atomic mass is 9.85. The topological polar surface area (TPSA) is 42.0 Å². The van der Waals surface area contributed by atoms with E-state index in [0.29, 0.717) is 17.5 Å². The number of hydrogen-bond donors (Lipinski definition) is 1. The Balaban J connectivity index is 1.58. The molecule has 30 heavy (non-hydrogen) atoms. The maximum absolute atomic E-state index is 13.8. The number of rotatable bonds is 3. The zero-order valence-corrected chi connectivity index (χ0v) is 16.1. The molecule has 4 rings (SSSR count). The van der Waals surface area contributed by atoms with Crippen LogP contribution in [-0.4, -0.2) is 16.8 Å². The second-order valence-electron chi connectivity index (χ2n) is 7.45. The summed E-state index contributed by atoms with van der Waals surface area (Å²) >= 11 is 0. The fourth-order valence-corrected chi connectivity index (χ4v) is 3.73. The van der Waals surface area contributed by atoms with Gasteiger partial charge in [-0.05, 0) is 59.9 Å². The maximum atomic E-state index is 13.8. The van der Waals surface area contributed by atoms with E-state index < -0.39 is 29.0 Å². The van der Waals surface area contributed by atoms with E-state index >= 15 is 0 Å². The SMILES string of the molecule is Cc1cc2c(cc1-c1ccc(NC(=O)c3c(F)cccc3F)nc1)CC(F)(F)CC2. The molecule has 154 valence electrons. The quantitative estimate of drug-likeness (QED) is 0.558. The minimum Gasteiger partial charge on any atom is -0.306 e. The Labute approximate surface area is 170 Å². The summed E-state index contributed by atoms with van der Waals surface area (Å²) in [5.41, 5.74) is 3.28. The highest BCUT2D eigenvalue weighted by Crippen LogP contribution is 2.36. The lowest BCUT2D eigenvalue weighted by Crippen LogP contribution is -2.26. The molecule has 1 N–H and O–H groups in total. The number of anilines is 1. The van der Waals surface area contributed by atoms with Crippen molar-refractivity contribution in [1.82, 2.24) is 4.98 Å². The van der Waals surface area contributed by atoms with Crippen molar-refractivity contribution in [3.63, 3.8) is 0 Å². The molecule has 3 nitrogen and oxygen atoms in total. The normalized spacial score (nSPS) is 14.8. The number of aromatic nitrogens is 1. The van der Waals surface area contributed by atoms with Gasteiger partial charge in [-0.15, -0.1) is 0 Å². The van der Waals surface area contributed by atoms with Gasteiger partial charge in [0.1, 0.15) is 23.0 Å². The van der Waals surface area contributed by atoms with Gasteiger partial charge in [-0.3, -0.25) is 4.79 Å². The number of carbonyl (C=O) groups is 1. The van der Waals surface area contributed by atoms with Crippen molar-refractivity contribution in [3.05, 3.63) is 82.5 Å². The van der Waals surface area contributed by atoms with E-state index in [1.165, 1.54) is 18.3 Å². The minimum atomic E-state index is -2.70. The molecule has 1 amide bonds. The van der Waals surface area contributed by atoms with Crippen LogP contribution in [0.4, 0.5) is 23.4 Å². The summed E-state index contributed by atoms with van der Waals surface area (Å²) in [7, 11) is 0. The van der Waals surface area contributed by atoms with E-state index in [1.807, 2.05) is 13.0 Å². The Morgan fingerprint density at radius 3 is 2.47 bits per heavy atom. The number of aryl methyl sites for hydroxylation is 2. The van der Waals surface area contributed by atoms with Crippen LogP contribution in [0.2, 0.25) is 0 Å². The van der Waals surface area contributed by atoms with Gasteiger partial charge in [-0.2, -0.15) is 0 Å². The molecule has 0 saturated heterocycles. The number of carbonyl (C=O) groups excluding carboxylic acids is 1. The van der Waals surface area contributed by atoms with Crippen molar-refractivity contribution < 1.29 is 22.4 Å². The Morgan fingerprint density at radius 2 is 1.80 bits per heavy atom. The third-order valence-electron chi connectivity index (χ3n) is 5.26. The number of fused-ring (bicyclic) bond motifs is 1. The first-order valence-corrected chi connectivity index (χ1v) is 9.45. The smallest absolute Gasteiger partial charge is 0.262 e. The predicted octanol–water partition coefficient (Wildman–Crippen LogP) is 5.71. The van der Waals surface area contributed by atoms with Crippen molar-refractivity contribution in [3.8, 4) is 11.1 Å². The van der Waals surface area contributed by atoms with Crippen LogP contribution in [0.25, 0.3) is 11.1 Å². The predicted molar refractivity (Wildman–Crippen MR) is 106 cm³/mol. The first kappa shape index (κ1) is 20.1. The number of pyridine rings is 1. The molecule has 0 fully saturated rings. The number of alkyl halides is 2. The largest absolute Gasteiger partial charge is 0.306 e. The summed E-state index contributed by atoms with van der Waals surface area (Å²) in [5, 5.41) is 2.36. The summed E-state index contributed by atoms with van der Waals surface area (Å²) in [5.74, 6) is -5.46. The highest BCUT2D eigenvalue weighted by Gasteiger charge is 2.34. The number of halogens is 4. The van der Waals surface area contributed by atoms with Gasteiger partial charge in [0.15, 0.2) is 0 Å². The molecular weight excluding hydrogens is 396 g/mol. The molecule has 0 atom stereocenters. The van der Waals surface area contributed by atoms with Crippen LogP contribution in [-0.2, 0) is 12.8 Å². The van der Waals surface area contributed by atoms with Crippen LogP contribution in [0.1, 0.15) is 33.5 Å². The summed E-state index contributed by atoms with van der Waals surface area (Å²) in [6.07, 6.45) is 1.41. The van der Waals surface area contributed by atoms with Gasteiger partial charge in [0.2, 0.25) is 0 Å². The summed E-state index contributed by atoms with van der Waals surface area (Å²) in [4.78, 5) is 16.3. The molecule has 0 unspecified atom stereocenters. The number of amides is 1. The molecule has 1 heterocycles. The van der Waals surface area contributed by atoms with E-state index in [1.54, 1.807) is 12.1 Å². The molecule has 0 saturated carbocycles. The molecule has 1 aliphatic carbocycles. The summed E-state index contributed by atoms with van der Waals surface area (Å²) in [6, 6.07) is 10.0. The first-order valence-electron chi connectivity index (χ1n) is 9.45. The van der Waals surface area contributed by atoms with Crippen LogP contribution in [0.5, 0.6) is 0 Å². The van der Waals surface area contributed by atoms with Gasteiger partial charge in [0.05, 0.1) is 0 Å². The Kier molecular flexibility index (Phi) is 5.05. The maximum Gasteiger partial charge on any atom is 0.262 e. The fraction of sp³-hybridized carbons (Fsp3) is 0.217. The Bertz CT molecular complexity index is 1110. The van der Waals surface area contributed by atoms with Crippen molar-refractivity contribution in [2.45, 2.75) is 32.1 Å². The Hall–Kier alpha value is -3.22. The van der Waals surface area contributed by atoms with E-state index in [-0.39, 0.29) is 18.7 Å². The van der Waals surface area contributed by atoms with Crippen molar-refractivity contribution in [2.24, 2.45) is 0 Å². The average Bonchev–Trinajstić information content (AvgIpc) is 2.68. The molecule has 0 aliphatic heterocycles. The summed E-state index contributed by atoms with van der Waals surface area (Å²) < 4.78 is 55.1. The second kappa shape index (κ2) is 7.55. The highest BCUT2D eigenvalue weighted by molar-refractivity contribution is 6.04. The number of hydrogen-bond acceptors (Lipinski definition) is 2. The molecule has 1 aliphatic rings. The fourth-order valence-electron chi connectivity index (χ4n) is 3.73. The second-order valence-corrected chi connectivity index (χ2v) is 7.45. The van der Waals surface area contributed by atoms with Crippen molar-refractivity contribution in [1.29, 1.82) is 0 Å². The molecule has 7 heteroatoms. The van der Waals surface area contributed by atoms with E-state index in [4.69, 9.17) is 0 Å². The molecule has 0 bridgehead atoms. The monoisotopic (exact) mass is 414 g/mol. The number of benzene rings is 2. The van der Waals surface area contributed by atoms with E-state index in [0.717, 1.165) is 28.8 Å². The van der Waals surface area contributed by atoms with Crippen LogP contribution >= 0.6 is 0 Å². The third-order valence-corrected chi connectivity index (χ3v) is 5.26. The average molecular weight is 414 g/mol. The van der Waals surface area contributed by atoms with Gasteiger partial charge in [-0.25, -0.2) is 22.5 Å². The lowest BCUT2D eigenvalue weighted by molar-refractivity contribution is -0.0122. The first-order chi connectivity index (χ1) is 14.2. The van der Waals surface area contributed by atoms with Crippen LogP contribution < -0.4 is 5.32 Å².